The Morgan fingerprint density at radius 1 is 1.38 bits per heavy atom. The van der Waals surface area contributed by atoms with Gasteiger partial charge in [-0.15, -0.1) is 0 Å². The lowest BCUT2D eigenvalue weighted by Crippen LogP contribution is -2.51. The molecule has 0 radical (unpaired) electrons. The molecule has 88 valence electrons. The van der Waals surface area contributed by atoms with Crippen molar-refractivity contribution in [1.29, 1.82) is 0 Å². The Hall–Kier alpha value is -0.570. The van der Waals surface area contributed by atoms with Gasteiger partial charge in [-0.1, -0.05) is 23.7 Å². The molecule has 0 saturated heterocycles. The van der Waals surface area contributed by atoms with Crippen LogP contribution in [0, 0.1) is 0 Å². The van der Waals surface area contributed by atoms with Gasteiger partial charge in [-0.05, 0) is 43.4 Å². The Labute approximate surface area is 102 Å². The van der Waals surface area contributed by atoms with E-state index in [1.807, 2.05) is 18.2 Å². The van der Waals surface area contributed by atoms with Crippen LogP contribution in [0.3, 0.4) is 0 Å². The first-order chi connectivity index (χ1) is 7.74. The number of benzene rings is 1. The van der Waals surface area contributed by atoms with E-state index in [0.717, 1.165) is 18.0 Å². The van der Waals surface area contributed by atoms with Gasteiger partial charge in [0.25, 0.3) is 0 Å². The van der Waals surface area contributed by atoms with Crippen LogP contribution in [0.5, 0.6) is 0 Å². The summed E-state index contributed by atoms with van der Waals surface area (Å²) in [6.07, 6.45) is 4.47. The lowest BCUT2D eigenvalue weighted by atomic mass is 9.74. The second-order valence-corrected chi connectivity index (χ2v) is 5.03. The van der Waals surface area contributed by atoms with Gasteiger partial charge in [0.1, 0.15) is 0 Å². The van der Waals surface area contributed by atoms with Crippen LogP contribution in [0.4, 0.5) is 0 Å². The van der Waals surface area contributed by atoms with Gasteiger partial charge in [0.15, 0.2) is 0 Å². The van der Waals surface area contributed by atoms with Gasteiger partial charge in [-0.25, -0.2) is 0 Å². The highest BCUT2D eigenvalue weighted by Crippen LogP contribution is 2.34. The Balaban J connectivity index is 1.91. The first-order valence-corrected chi connectivity index (χ1v) is 6.22. The molecule has 1 aliphatic carbocycles. The van der Waals surface area contributed by atoms with Crippen molar-refractivity contribution >= 4 is 11.6 Å². The van der Waals surface area contributed by atoms with Crippen LogP contribution in [-0.2, 0) is 6.54 Å². The van der Waals surface area contributed by atoms with Crippen molar-refractivity contribution in [3.05, 3.63) is 34.9 Å². The molecule has 2 N–H and O–H groups in total. The maximum absolute atomic E-state index is 9.05. The summed E-state index contributed by atoms with van der Waals surface area (Å²) >= 11 is 5.94. The molecule has 0 aromatic heterocycles. The summed E-state index contributed by atoms with van der Waals surface area (Å²) in [5.41, 5.74) is 1.38. The molecule has 2 nitrogen and oxygen atoms in total. The van der Waals surface area contributed by atoms with Crippen LogP contribution in [-0.4, -0.2) is 17.3 Å². The topological polar surface area (TPSA) is 32.3 Å². The van der Waals surface area contributed by atoms with E-state index >= 15 is 0 Å². The van der Waals surface area contributed by atoms with E-state index in [4.69, 9.17) is 16.7 Å². The molecule has 1 aromatic carbocycles. The molecule has 0 spiro atoms. The second kappa shape index (κ2) is 5.17. The number of hydrogen-bond donors (Lipinski definition) is 2. The highest BCUT2D eigenvalue weighted by atomic mass is 35.5. The third-order valence-corrected chi connectivity index (χ3v) is 3.69. The normalized spacial score (nSPS) is 18.1. The fourth-order valence-corrected chi connectivity index (χ4v) is 2.48. The van der Waals surface area contributed by atoms with Crippen LogP contribution >= 0.6 is 11.6 Å². The van der Waals surface area contributed by atoms with Crippen molar-refractivity contribution < 1.29 is 5.11 Å². The molecule has 2 rings (SSSR count). The minimum atomic E-state index is 0.178. The number of rotatable bonds is 5. The minimum Gasteiger partial charge on any atom is -0.396 e. The Morgan fingerprint density at radius 2 is 2.19 bits per heavy atom. The van der Waals surface area contributed by atoms with Gasteiger partial charge in [-0.2, -0.15) is 0 Å². The molecule has 1 fully saturated rings. The van der Waals surface area contributed by atoms with Crippen LogP contribution in [0.25, 0.3) is 0 Å². The van der Waals surface area contributed by atoms with Crippen LogP contribution in [0.1, 0.15) is 31.2 Å². The predicted octanol–water partition coefficient (Wildman–Crippen LogP) is 2.73. The molecule has 0 amide bonds. The lowest BCUT2D eigenvalue weighted by molar-refractivity contribution is 0.130. The molecule has 16 heavy (non-hydrogen) atoms. The maximum Gasteiger partial charge on any atom is 0.0448 e. The van der Waals surface area contributed by atoms with Gasteiger partial charge < -0.3 is 10.4 Å². The van der Waals surface area contributed by atoms with Crippen LogP contribution in [0.15, 0.2) is 24.3 Å². The SMILES string of the molecule is OCCC1(NCc2cccc(Cl)c2)CCC1. The van der Waals surface area contributed by atoms with Gasteiger partial charge in [-0.3, -0.25) is 0 Å². The molecular formula is C13H18ClNO. The molecule has 0 atom stereocenters. The number of aliphatic hydroxyl groups excluding tert-OH is 1. The fraction of sp³-hybridized carbons (Fsp3) is 0.538. The summed E-state index contributed by atoms with van der Waals surface area (Å²) in [6.45, 7) is 1.10. The fourth-order valence-electron chi connectivity index (χ4n) is 2.27. The zero-order chi connectivity index (χ0) is 11.4. The number of aliphatic hydroxyl groups is 1. The summed E-state index contributed by atoms with van der Waals surface area (Å²) in [6, 6.07) is 7.92. The number of halogens is 1. The predicted molar refractivity (Wildman–Crippen MR) is 66.6 cm³/mol. The average Bonchev–Trinajstić information content (AvgIpc) is 2.22. The monoisotopic (exact) mass is 239 g/mol. The van der Waals surface area contributed by atoms with Crippen molar-refractivity contribution in [3.63, 3.8) is 0 Å². The molecule has 0 heterocycles. The highest BCUT2D eigenvalue weighted by molar-refractivity contribution is 6.30. The summed E-state index contributed by atoms with van der Waals surface area (Å²) < 4.78 is 0. The average molecular weight is 240 g/mol. The first kappa shape index (κ1) is 11.9. The minimum absolute atomic E-state index is 0.178. The smallest absolute Gasteiger partial charge is 0.0448 e. The van der Waals surface area contributed by atoms with E-state index in [2.05, 4.69) is 11.4 Å². The summed E-state index contributed by atoms with van der Waals surface area (Å²) in [5.74, 6) is 0. The van der Waals surface area contributed by atoms with E-state index in [-0.39, 0.29) is 12.1 Å². The van der Waals surface area contributed by atoms with E-state index in [1.54, 1.807) is 0 Å². The molecule has 0 bridgehead atoms. The highest BCUT2D eigenvalue weighted by Gasteiger charge is 2.35. The first-order valence-electron chi connectivity index (χ1n) is 5.84. The third-order valence-electron chi connectivity index (χ3n) is 3.46. The quantitative estimate of drug-likeness (QED) is 0.828. The van der Waals surface area contributed by atoms with Gasteiger partial charge in [0.2, 0.25) is 0 Å². The summed E-state index contributed by atoms with van der Waals surface area (Å²) in [5, 5.41) is 13.4. The molecule has 1 aromatic rings. The van der Waals surface area contributed by atoms with Gasteiger partial charge >= 0.3 is 0 Å². The van der Waals surface area contributed by atoms with E-state index < -0.39 is 0 Å². The molecule has 0 aliphatic heterocycles. The number of hydrogen-bond acceptors (Lipinski definition) is 2. The van der Waals surface area contributed by atoms with Crippen LogP contribution in [0.2, 0.25) is 5.02 Å². The second-order valence-electron chi connectivity index (χ2n) is 4.59. The van der Waals surface area contributed by atoms with Crippen molar-refractivity contribution in [2.75, 3.05) is 6.61 Å². The lowest BCUT2D eigenvalue weighted by Gasteiger charge is -2.42. The zero-order valence-corrected chi connectivity index (χ0v) is 10.1. The van der Waals surface area contributed by atoms with Crippen molar-refractivity contribution in [2.45, 2.75) is 37.8 Å². The largest absolute Gasteiger partial charge is 0.396 e. The molecule has 1 aliphatic rings. The van der Waals surface area contributed by atoms with E-state index in [0.29, 0.717) is 0 Å². The van der Waals surface area contributed by atoms with Crippen molar-refractivity contribution in [3.8, 4) is 0 Å². The number of nitrogens with one attached hydrogen (secondary N) is 1. The maximum atomic E-state index is 9.05. The van der Waals surface area contributed by atoms with Crippen molar-refractivity contribution in [2.24, 2.45) is 0 Å². The van der Waals surface area contributed by atoms with Gasteiger partial charge in [0, 0.05) is 23.7 Å². The Kier molecular flexibility index (Phi) is 3.85. The Bertz CT molecular complexity index is 350. The third kappa shape index (κ3) is 2.76. The zero-order valence-electron chi connectivity index (χ0n) is 9.38. The summed E-state index contributed by atoms with van der Waals surface area (Å²) in [7, 11) is 0. The van der Waals surface area contributed by atoms with E-state index in [1.165, 1.54) is 24.8 Å². The summed E-state index contributed by atoms with van der Waals surface area (Å²) in [4.78, 5) is 0. The molecular weight excluding hydrogens is 222 g/mol. The van der Waals surface area contributed by atoms with E-state index in [9.17, 15) is 0 Å². The van der Waals surface area contributed by atoms with Gasteiger partial charge in [0.05, 0.1) is 0 Å². The van der Waals surface area contributed by atoms with Crippen LogP contribution < -0.4 is 5.32 Å². The molecule has 0 unspecified atom stereocenters. The Morgan fingerprint density at radius 3 is 2.75 bits per heavy atom. The van der Waals surface area contributed by atoms with Crippen molar-refractivity contribution in [1.82, 2.24) is 5.32 Å². The molecule has 3 heteroatoms. The standard InChI is InChI=1S/C13H18ClNO/c14-12-4-1-3-11(9-12)10-15-13(7-8-16)5-2-6-13/h1,3-4,9,15-16H,2,5-8,10H2. The molecule has 1 saturated carbocycles.